The highest BCUT2D eigenvalue weighted by molar-refractivity contribution is 5.96. The predicted octanol–water partition coefficient (Wildman–Crippen LogP) is 4.18. The normalized spacial score (nSPS) is 13.4. The van der Waals surface area contributed by atoms with Gasteiger partial charge in [-0.05, 0) is 37.1 Å². The molecule has 6 heteroatoms. The number of nitrogens with zero attached hydrogens (tertiary/aromatic N) is 3. The third-order valence-corrected chi connectivity index (χ3v) is 4.68. The van der Waals surface area contributed by atoms with Gasteiger partial charge in [-0.15, -0.1) is 0 Å². The maximum Gasteiger partial charge on any atom is 0.260 e. The SMILES string of the molecule is COc1ccc(Oc2nc(-c3ccccc3)ncc2C(=O)N2CCCC2)cc1. The third-order valence-electron chi connectivity index (χ3n) is 4.68. The summed E-state index contributed by atoms with van der Waals surface area (Å²) in [5.41, 5.74) is 1.24. The summed E-state index contributed by atoms with van der Waals surface area (Å²) in [7, 11) is 1.61. The van der Waals surface area contributed by atoms with Gasteiger partial charge in [0.15, 0.2) is 5.82 Å². The number of carbonyl (C=O) groups is 1. The van der Waals surface area contributed by atoms with Gasteiger partial charge in [0.25, 0.3) is 5.91 Å². The van der Waals surface area contributed by atoms with E-state index < -0.39 is 0 Å². The summed E-state index contributed by atoms with van der Waals surface area (Å²) in [5, 5.41) is 0. The Labute approximate surface area is 163 Å². The van der Waals surface area contributed by atoms with Gasteiger partial charge in [-0.25, -0.2) is 4.98 Å². The van der Waals surface area contributed by atoms with E-state index in [9.17, 15) is 4.79 Å². The second-order valence-corrected chi connectivity index (χ2v) is 6.56. The van der Waals surface area contributed by atoms with Gasteiger partial charge in [0.05, 0.1) is 7.11 Å². The van der Waals surface area contributed by atoms with Crippen molar-refractivity contribution >= 4 is 5.91 Å². The first-order chi connectivity index (χ1) is 13.7. The molecule has 0 saturated carbocycles. The van der Waals surface area contributed by atoms with Crippen molar-refractivity contribution in [3.63, 3.8) is 0 Å². The Bertz CT molecular complexity index is 953. The first-order valence-electron chi connectivity index (χ1n) is 9.28. The zero-order valence-electron chi connectivity index (χ0n) is 15.7. The van der Waals surface area contributed by atoms with E-state index in [-0.39, 0.29) is 11.8 Å². The lowest BCUT2D eigenvalue weighted by molar-refractivity contribution is 0.0789. The molecule has 2 heterocycles. The molecular weight excluding hydrogens is 354 g/mol. The second kappa shape index (κ2) is 8.08. The van der Waals surface area contributed by atoms with Gasteiger partial charge >= 0.3 is 0 Å². The van der Waals surface area contributed by atoms with Crippen LogP contribution in [0.15, 0.2) is 60.8 Å². The van der Waals surface area contributed by atoms with E-state index in [1.165, 1.54) is 0 Å². The molecule has 1 saturated heterocycles. The van der Waals surface area contributed by atoms with Crippen molar-refractivity contribution in [2.45, 2.75) is 12.8 Å². The van der Waals surface area contributed by atoms with Gasteiger partial charge in [-0.2, -0.15) is 4.98 Å². The highest BCUT2D eigenvalue weighted by Gasteiger charge is 2.25. The first kappa shape index (κ1) is 18.0. The topological polar surface area (TPSA) is 64.5 Å². The van der Waals surface area contributed by atoms with Crippen LogP contribution in [-0.2, 0) is 0 Å². The predicted molar refractivity (Wildman–Crippen MR) is 106 cm³/mol. The Balaban J connectivity index is 1.71. The Morgan fingerprint density at radius 3 is 2.32 bits per heavy atom. The van der Waals surface area contributed by atoms with E-state index in [0.717, 1.165) is 37.2 Å². The Morgan fingerprint density at radius 2 is 1.64 bits per heavy atom. The molecule has 1 aliphatic heterocycles. The van der Waals surface area contributed by atoms with E-state index in [4.69, 9.17) is 9.47 Å². The van der Waals surface area contributed by atoms with Gasteiger partial charge in [-0.3, -0.25) is 4.79 Å². The summed E-state index contributed by atoms with van der Waals surface area (Å²) < 4.78 is 11.2. The minimum absolute atomic E-state index is 0.0966. The van der Waals surface area contributed by atoms with Crippen LogP contribution in [0.5, 0.6) is 17.4 Å². The maximum atomic E-state index is 13.0. The lowest BCUT2D eigenvalue weighted by Gasteiger charge is -2.17. The van der Waals surface area contributed by atoms with Crippen molar-refractivity contribution in [1.29, 1.82) is 0 Å². The van der Waals surface area contributed by atoms with Crippen LogP contribution < -0.4 is 9.47 Å². The fourth-order valence-electron chi connectivity index (χ4n) is 3.16. The van der Waals surface area contributed by atoms with Crippen LogP contribution >= 0.6 is 0 Å². The van der Waals surface area contributed by atoms with Crippen molar-refractivity contribution in [2.75, 3.05) is 20.2 Å². The second-order valence-electron chi connectivity index (χ2n) is 6.56. The Kier molecular flexibility index (Phi) is 5.19. The summed E-state index contributed by atoms with van der Waals surface area (Å²) in [6, 6.07) is 16.8. The largest absolute Gasteiger partial charge is 0.497 e. The van der Waals surface area contributed by atoms with Crippen molar-refractivity contribution < 1.29 is 14.3 Å². The molecular formula is C22H21N3O3. The van der Waals surface area contributed by atoms with Gasteiger partial charge in [-0.1, -0.05) is 30.3 Å². The summed E-state index contributed by atoms with van der Waals surface area (Å²) >= 11 is 0. The van der Waals surface area contributed by atoms with Crippen LogP contribution in [0.4, 0.5) is 0 Å². The first-order valence-corrected chi connectivity index (χ1v) is 9.28. The Morgan fingerprint density at radius 1 is 0.964 bits per heavy atom. The van der Waals surface area contributed by atoms with Crippen LogP contribution in [0.25, 0.3) is 11.4 Å². The van der Waals surface area contributed by atoms with E-state index in [1.807, 2.05) is 35.2 Å². The lowest BCUT2D eigenvalue weighted by Crippen LogP contribution is -2.28. The molecule has 142 valence electrons. The van der Waals surface area contributed by atoms with E-state index in [1.54, 1.807) is 37.6 Å². The highest BCUT2D eigenvalue weighted by Crippen LogP contribution is 2.28. The van der Waals surface area contributed by atoms with Gasteiger partial charge < -0.3 is 14.4 Å². The molecule has 0 unspecified atom stereocenters. The molecule has 0 bridgehead atoms. The number of methoxy groups -OCH3 is 1. The van der Waals surface area contributed by atoms with Crippen LogP contribution in [0.3, 0.4) is 0 Å². The zero-order chi connectivity index (χ0) is 19.3. The summed E-state index contributed by atoms with van der Waals surface area (Å²) in [5.74, 6) is 1.99. The smallest absolute Gasteiger partial charge is 0.260 e. The molecule has 0 N–H and O–H groups in total. The third kappa shape index (κ3) is 3.81. The molecule has 4 rings (SSSR count). The van der Waals surface area contributed by atoms with Crippen LogP contribution in [-0.4, -0.2) is 41.0 Å². The van der Waals surface area contributed by atoms with Gasteiger partial charge in [0, 0.05) is 24.8 Å². The van der Waals surface area contributed by atoms with Crippen molar-refractivity contribution in [3.8, 4) is 28.8 Å². The number of hydrogen-bond acceptors (Lipinski definition) is 5. The maximum absolute atomic E-state index is 13.0. The molecule has 0 atom stereocenters. The lowest BCUT2D eigenvalue weighted by atomic mass is 10.2. The average Bonchev–Trinajstić information content (AvgIpc) is 3.29. The van der Waals surface area contributed by atoms with E-state index >= 15 is 0 Å². The highest BCUT2D eigenvalue weighted by atomic mass is 16.5. The summed E-state index contributed by atoms with van der Waals surface area (Å²) in [6.07, 6.45) is 3.60. The zero-order valence-corrected chi connectivity index (χ0v) is 15.7. The molecule has 3 aromatic rings. The number of amides is 1. The standard InChI is InChI=1S/C22H21N3O3/c1-27-17-9-11-18(12-10-17)28-21-19(22(26)25-13-5-6-14-25)15-23-20(24-21)16-7-3-2-4-8-16/h2-4,7-12,15H,5-6,13-14H2,1H3. The van der Waals surface area contributed by atoms with E-state index in [2.05, 4.69) is 9.97 Å². The number of likely N-dealkylation sites (tertiary alicyclic amines) is 1. The molecule has 2 aromatic carbocycles. The number of rotatable bonds is 5. The number of aromatic nitrogens is 2. The van der Waals surface area contributed by atoms with Crippen molar-refractivity contribution in [1.82, 2.24) is 14.9 Å². The number of hydrogen-bond donors (Lipinski definition) is 0. The average molecular weight is 375 g/mol. The molecule has 1 aromatic heterocycles. The van der Waals surface area contributed by atoms with Gasteiger partial charge in [0.2, 0.25) is 5.88 Å². The number of benzene rings is 2. The number of carbonyl (C=O) groups excluding carboxylic acids is 1. The van der Waals surface area contributed by atoms with E-state index in [0.29, 0.717) is 17.1 Å². The quantitative estimate of drug-likeness (QED) is 0.669. The van der Waals surface area contributed by atoms with Crippen LogP contribution in [0.1, 0.15) is 23.2 Å². The fourth-order valence-corrected chi connectivity index (χ4v) is 3.16. The Hall–Kier alpha value is -3.41. The molecule has 0 radical (unpaired) electrons. The van der Waals surface area contributed by atoms with Crippen molar-refractivity contribution in [3.05, 3.63) is 66.4 Å². The molecule has 0 aliphatic carbocycles. The summed E-state index contributed by atoms with van der Waals surface area (Å²) in [4.78, 5) is 23.7. The van der Waals surface area contributed by atoms with Crippen molar-refractivity contribution in [2.24, 2.45) is 0 Å². The molecule has 1 amide bonds. The van der Waals surface area contributed by atoms with Crippen LogP contribution in [0, 0.1) is 0 Å². The minimum atomic E-state index is -0.0966. The molecule has 28 heavy (non-hydrogen) atoms. The molecule has 6 nitrogen and oxygen atoms in total. The molecule has 1 aliphatic rings. The number of ether oxygens (including phenoxy) is 2. The molecule has 1 fully saturated rings. The van der Waals surface area contributed by atoms with Crippen LogP contribution in [0.2, 0.25) is 0 Å². The fraction of sp³-hybridized carbons (Fsp3) is 0.227. The summed E-state index contributed by atoms with van der Waals surface area (Å²) in [6.45, 7) is 1.50. The molecule has 0 spiro atoms. The van der Waals surface area contributed by atoms with Gasteiger partial charge in [0.1, 0.15) is 17.1 Å². The monoisotopic (exact) mass is 375 g/mol. The minimum Gasteiger partial charge on any atom is -0.497 e.